The van der Waals surface area contributed by atoms with Crippen LogP contribution in [0.25, 0.3) is 0 Å². The molecule has 208 valence electrons. The SMILES string of the molecule is CNC(=O)Nc1ccccc1N1CCC(N2CC[C@@H](NC(=O)N3C(=O)OC[C@@H]3c3ccc(F)c(F)c3)C2)CC1. The van der Waals surface area contributed by atoms with E-state index < -0.39 is 29.8 Å². The van der Waals surface area contributed by atoms with Gasteiger partial charge in [-0.25, -0.2) is 28.1 Å². The number of urea groups is 2. The summed E-state index contributed by atoms with van der Waals surface area (Å²) < 4.78 is 32.2. The van der Waals surface area contributed by atoms with E-state index in [1.165, 1.54) is 6.07 Å². The summed E-state index contributed by atoms with van der Waals surface area (Å²) in [7, 11) is 1.58. The molecule has 0 spiro atoms. The Morgan fingerprint density at radius 3 is 2.51 bits per heavy atom. The predicted octanol–water partition coefficient (Wildman–Crippen LogP) is 3.66. The molecule has 3 N–H and O–H groups in total. The summed E-state index contributed by atoms with van der Waals surface area (Å²) in [6.45, 7) is 3.03. The van der Waals surface area contributed by atoms with E-state index in [1.54, 1.807) is 7.05 Å². The zero-order chi connectivity index (χ0) is 27.5. The molecule has 2 aromatic rings. The van der Waals surface area contributed by atoms with Crippen molar-refractivity contribution in [3.63, 3.8) is 0 Å². The lowest BCUT2D eigenvalue weighted by Gasteiger charge is -2.38. The van der Waals surface area contributed by atoms with Crippen molar-refractivity contribution in [3.05, 3.63) is 59.7 Å². The number of rotatable bonds is 5. The molecular weight excluding hydrogens is 510 g/mol. The Bertz CT molecular complexity index is 1240. The van der Waals surface area contributed by atoms with Crippen molar-refractivity contribution in [2.75, 3.05) is 50.1 Å². The van der Waals surface area contributed by atoms with Gasteiger partial charge in [-0.1, -0.05) is 18.2 Å². The molecule has 12 heteroatoms. The minimum Gasteiger partial charge on any atom is -0.446 e. The number of hydrogen-bond acceptors (Lipinski definition) is 6. The molecule has 2 aromatic carbocycles. The van der Waals surface area contributed by atoms with Crippen LogP contribution in [-0.2, 0) is 4.74 Å². The second-order valence-electron chi connectivity index (χ2n) is 10.0. The van der Waals surface area contributed by atoms with Crippen molar-refractivity contribution in [2.24, 2.45) is 0 Å². The monoisotopic (exact) mass is 542 g/mol. The van der Waals surface area contributed by atoms with E-state index >= 15 is 0 Å². The first-order chi connectivity index (χ1) is 18.8. The number of nitrogens with zero attached hydrogens (tertiary/aromatic N) is 3. The highest BCUT2D eigenvalue weighted by Gasteiger charge is 2.41. The number of amides is 5. The number of halogens is 2. The topological polar surface area (TPSA) is 106 Å². The van der Waals surface area contributed by atoms with Crippen LogP contribution >= 0.6 is 0 Å². The molecule has 3 aliphatic rings. The van der Waals surface area contributed by atoms with Crippen LogP contribution in [0.4, 0.5) is 34.5 Å². The van der Waals surface area contributed by atoms with Gasteiger partial charge in [0.1, 0.15) is 12.6 Å². The van der Waals surface area contributed by atoms with Gasteiger partial charge in [0.05, 0.1) is 11.4 Å². The van der Waals surface area contributed by atoms with Crippen LogP contribution in [0.5, 0.6) is 0 Å². The number of piperidine rings is 1. The lowest BCUT2D eigenvalue weighted by molar-refractivity contribution is 0.156. The fourth-order valence-corrected chi connectivity index (χ4v) is 5.60. The molecule has 0 unspecified atom stereocenters. The molecule has 3 fully saturated rings. The molecule has 39 heavy (non-hydrogen) atoms. The first-order valence-corrected chi connectivity index (χ1v) is 13.1. The van der Waals surface area contributed by atoms with Gasteiger partial charge in [-0.3, -0.25) is 4.90 Å². The molecule has 0 bridgehead atoms. The Hall–Kier alpha value is -3.93. The molecule has 0 saturated carbocycles. The van der Waals surface area contributed by atoms with Gasteiger partial charge in [-0.2, -0.15) is 0 Å². The molecule has 3 saturated heterocycles. The third kappa shape index (κ3) is 5.75. The van der Waals surface area contributed by atoms with Gasteiger partial charge in [0.15, 0.2) is 11.6 Å². The van der Waals surface area contributed by atoms with Gasteiger partial charge in [0.2, 0.25) is 0 Å². The van der Waals surface area contributed by atoms with Gasteiger partial charge >= 0.3 is 18.2 Å². The van der Waals surface area contributed by atoms with Crippen molar-refractivity contribution in [1.82, 2.24) is 20.4 Å². The second kappa shape index (κ2) is 11.4. The Labute approximate surface area is 225 Å². The van der Waals surface area contributed by atoms with Crippen molar-refractivity contribution >= 4 is 29.5 Å². The summed E-state index contributed by atoms with van der Waals surface area (Å²) in [5, 5.41) is 8.39. The van der Waals surface area contributed by atoms with Crippen molar-refractivity contribution < 1.29 is 27.9 Å². The standard InChI is InChI=1S/C27H32F2N6O4/c1-30-25(36)32-22-4-2-3-5-23(22)33-12-9-19(10-13-33)34-11-8-18(15-34)31-26(37)35-24(16-39-27(35)38)17-6-7-20(28)21(29)14-17/h2-7,14,18-19,24H,8-13,15-16H2,1H3,(H,31,37)(H2,30,32,36)/t18-,24-/m1/s1. The largest absolute Gasteiger partial charge is 0.446 e. The van der Waals surface area contributed by atoms with Crippen LogP contribution in [0, 0.1) is 11.6 Å². The summed E-state index contributed by atoms with van der Waals surface area (Å²) in [5.41, 5.74) is 2.04. The highest BCUT2D eigenvalue weighted by atomic mass is 19.2. The van der Waals surface area contributed by atoms with E-state index in [2.05, 4.69) is 25.8 Å². The van der Waals surface area contributed by atoms with Crippen LogP contribution in [0.15, 0.2) is 42.5 Å². The molecule has 0 aromatic heterocycles. The molecule has 5 amide bonds. The van der Waals surface area contributed by atoms with Gasteiger partial charge in [-0.15, -0.1) is 0 Å². The zero-order valence-corrected chi connectivity index (χ0v) is 21.7. The van der Waals surface area contributed by atoms with E-state index in [-0.39, 0.29) is 18.7 Å². The summed E-state index contributed by atoms with van der Waals surface area (Å²) in [6, 6.07) is 9.56. The Balaban J connectivity index is 1.15. The Morgan fingerprint density at radius 2 is 1.77 bits per heavy atom. The quantitative estimate of drug-likeness (QED) is 0.533. The maximum Gasteiger partial charge on any atom is 0.418 e. The Morgan fingerprint density at radius 1 is 1.00 bits per heavy atom. The summed E-state index contributed by atoms with van der Waals surface area (Å²) in [5.74, 6) is -2.04. The lowest BCUT2D eigenvalue weighted by Crippen LogP contribution is -2.48. The summed E-state index contributed by atoms with van der Waals surface area (Å²) in [6.07, 6.45) is 1.80. The number of hydrogen-bond donors (Lipinski definition) is 3. The fourth-order valence-electron chi connectivity index (χ4n) is 5.60. The minimum absolute atomic E-state index is 0.117. The first kappa shape index (κ1) is 26.7. The average Bonchev–Trinajstić information content (AvgIpc) is 3.57. The van der Waals surface area contributed by atoms with Crippen molar-refractivity contribution in [3.8, 4) is 0 Å². The van der Waals surface area contributed by atoms with Crippen molar-refractivity contribution in [1.29, 1.82) is 0 Å². The third-order valence-corrected chi connectivity index (χ3v) is 7.67. The molecular formula is C27H32F2N6O4. The maximum absolute atomic E-state index is 13.8. The third-order valence-electron chi connectivity index (χ3n) is 7.67. The fraction of sp³-hybridized carbons (Fsp3) is 0.444. The van der Waals surface area contributed by atoms with E-state index in [9.17, 15) is 23.2 Å². The number of para-hydroxylation sites is 2. The second-order valence-corrected chi connectivity index (χ2v) is 10.0. The number of carbonyl (C=O) groups is 3. The number of imide groups is 1. The van der Waals surface area contributed by atoms with E-state index in [4.69, 9.17) is 4.74 Å². The highest BCUT2D eigenvalue weighted by Crippen LogP contribution is 2.31. The van der Waals surface area contributed by atoms with Crippen LogP contribution in [0.2, 0.25) is 0 Å². The smallest absolute Gasteiger partial charge is 0.418 e. The number of nitrogens with one attached hydrogen (secondary N) is 3. The van der Waals surface area contributed by atoms with Gasteiger partial charge in [-0.05, 0) is 49.1 Å². The number of carbonyl (C=O) groups excluding carboxylic acids is 3. The molecule has 0 radical (unpaired) electrons. The first-order valence-electron chi connectivity index (χ1n) is 13.1. The number of benzene rings is 2. The number of likely N-dealkylation sites (tertiary alicyclic amines) is 1. The summed E-state index contributed by atoms with van der Waals surface area (Å²) >= 11 is 0. The summed E-state index contributed by atoms with van der Waals surface area (Å²) in [4.78, 5) is 42.8. The molecule has 0 aliphatic carbocycles. The van der Waals surface area contributed by atoms with Crippen LogP contribution in [0.1, 0.15) is 30.9 Å². The average molecular weight is 543 g/mol. The van der Waals surface area contributed by atoms with Gasteiger partial charge < -0.3 is 25.6 Å². The number of anilines is 2. The van der Waals surface area contributed by atoms with Gasteiger partial charge in [0.25, 0.3) is 0 Å². The minimum atomic E-state index is -1.05. The molecule has 3 heterocycles. The highest BCUT2D eigenvalue weighted by molar-refractivity contribution is 5.93. The molecule has 10 nitrogen and oxygen atoms in total. The Kier molecular flexibility index (Phi) is 7.82. The maximum atomic E-state index is 13.8. The number of cyclic esters (lactones) is 1. The zero-order valence-electron chi connectivity index (χ0n) is 21.7. The molecule has 3 aliphatic heterocycles. The molecule has 5 rings (SSSR count). The van der Waals surface area contributed by atoms with Crippen LogP contribution in [0.3, 0.4) is 0 Å². The lowest BCUT2D eigenvalue weighted by atomic mass is 10.0. The van der Waals surface area contributed by atoms with Crippen LogP contribution < -0.4 is 20.9 Å². The molecule has 2 atom stereocenters. The van der Waals surface area contributed by atoms with Crippen LogP contribution in [-0.4, -0.2) is 79.9 Å². The van der Waals surface area contributed by atoms with E-state index in [0.717, 1.165) is 67.3 Å². The normalized spacial score (nSPS) is 22.1. The number of ether oxygens (including phenoxy) is 1. The predicted molar refractivity (Wildman–Crippen MR) is 141 cm³/mol. The van der Waals surface area contributed by atoms with Gasteiger partial charge in [0, 0.05) is 45.3 Å². The van der Waals surface area contributed by atoms with Crippen molar-refractivity contribution in [2.45, 2.75) is 37.4 Å². The van der Waals surface area contributed by atoms with E-state index in [0.29, 0.717) is 18.2 Å². The van der Waals surface area contributed by atoms with E-state index in [1.807, 2.05) is 24.3 Å².